The molecule has 0 bridgehead atoms. The van der Waals surface area contributed by atoms with Crippen LogP contribution >= 0.6 is 0 Å². The largest absolute Gasteiger partial charge is 0.512 e. The van der Waals surface area contributed by atoms with Crippen molar-refractivity contribution < 1.29 is 30.0 Å². The van der Waals surface area contributed by atoms with Crippen LogP contribution in [0, 0.1) is 18.9 Å². The number of benzene rings is 2. The number of ketones is 1. The van der Waals surface area contributed by atoms with Gasteiger partial charge in [0.2, 0.25) is 0 Å². The number of allylic oxidation sites excluding steroid dienone is 2. The summed E-state index contributed by atoms with van der Waals surface area (Å²) in [4.78, 5) is 16.1. The maximum atomic E-state index is 11.4. The molecule has 30 heavy (non-hydrogen) atoms. The first kappa shape index (κ1) is 22.4. The second kappa shape index (κ2) is 10.1. The van der Waals surface area contributed by atoms with Gasteiger partial charge in [0, 0.05) is 38.5 Å². The molecule has 5 rings (SSSR count). The van der Waals surface area contributed by atoms with Crippen molar-refractivity contribution in [1.82, 2.24) is 4.98 Å². The predicted molar refractivity (Wildman–Crippen MR) is 117 cm³/mol. The van der Waals surface area contributed by atoms with Crippen LogP contribution in [0.1, 0.15) is 44.1 Å². The van der Waals surface area contributed by atoms with Crippen molar-refractivity contribution in [3.63, 3.8) is 0 Å². The van der Waals surface area contributed by atoms with Crippen LogP contribution in [0.15, 0.2) is 65.9 Å². The summed E-state index contributed by atoms with van der Waals surface area (Å²) in [5, 5.41) is 10.7. The van der Waals surface area contributed by atoms with Gasteiger partial charge in [0.1, 0.15) is 0 Å². The number of nitrogens with zero attached hydrogens (tertiary/aromatic N) is 1. The predicted octanol–water partition coefficient (Wildman–Crippen LogP) is 6.36. The topological polar surface area (TPSA) is 50.2 Å². The molecule has 1 atom stereocenters. The van der Waals surface area contributed by atoms with Gasteiger partial charge in [-0.05, 0) is 48.7 Å². The summed E-state index contributed by atoms with van der Waals surface area (Å²) in [6, 6.07) is 21.6. The van der Waals surface area contributed by atoms with E-state index in [9.17, 15) is 9.90 Å². The van der Waals surface area contributed by atoms with Gasteiger partial charge in [-0.3, -0.25) is 9.78 Å². The minimum Gasteiger partial charge on any atom is -0.512 e. The SMILES string of the molecule is Cc1cc[c-]c(-c2ccc3ccccc3n2)c1.O=C1CCCC2CCCC(O)=C12.[Ir]. The van der Waals surface area contributed by atoms with Crippen LogP contribution in [0.5, 0.6) is 0 Å². The molecule has 157 valence electrons. The van der Waals surface area contributed by atoms with E-state index in [4.69, 9.17) is 0 Å². The number of rotatable bonds is 1. The van der Waals surface area contributed by atoms with E-state index in [1.54, 1.807) is 0 Å². The zero-order chi connectivity index (χ0) is 20.2. The standard InChI is InChI=1S/C16H12N.C10H14O2.Ir/c1-12-5-4-7-14(11-12)16-10-9-13-6-2-3-8-15(13)17-16;11-8-5-1-3-7-4-2-6-9(12)10(7)8;/h2-6,8-11H,1H3;7,11H,1-6H2;/q-1;;. The van der Waals surface area contributed by atoms with Crippen LogP contribution in [0.25, 0.3) is 22.2 Å². The second-order valence-corrected chi connectivity index (χ2v) is 7.93. The molecule has 1 unspecified atom stereocenters. The Labute approximate surface area is 191 Å². The number of fused-ring (bicyclic) bond motifs is 2. The van der Waals surface area contributed by atoms with E-state index < -0.39 is 0 Å². The molecule has 4 heteroatoms. The molecular weight excluding hydrogens is 551 g/mol. The average Bonchev–Trinajstić information content (AvgIpc) is 2.74. The molecule has 1 N–H and O–H groups in total. The van der Waals surface area contributed by atoms with Crippen LogP contribution in [-0.4, -0.2) is 15.9 Å². The summed E-state index contributed by atoms with van der Waals surface area (Å²) in [5.41, 5.74) is 5.06. The molecule has 1 fully saturated rings. The maximum Gasteiger partial charge on any atom is 0.162 e. The first-order chi connectivity index (χ1) is 14.1. The van der Waals surface area contributed by atoms with Crippen molar-refractivity contribution >= 4 is 16.7 Å². The number of carbonyl (C=O) groups excluding carboxylic acids is 1. The van der Waals surface area contributed by atoms with Crippen LogP contribution in [0.4, 0.5) is 0 Å². The number of aryl methyl sites for hydroxylation is 1. The van der Waals surface area contributed by atoms with Gasteiger partial charge < -0.3 is 5.11 Å². The van der Waals surface area contributed by atoms with Crippen LogP contribution < -0.4 is 0 Å². The minimum absolute atomic E-state index is 0. The summed E-state index contributed by atoms with van der Waals surface area (Å²) in [7, 11) is 0. The van der Waals surface area contributed by atoms with Gasteiger partial charge in [-0.25, -0.2) is 0 Å². The molecule has 2 aliphatic rings. The van der Waals surface area contributed by atoms with E-state index in [2.05, 4.69) is 36.2 Å². The van der Waals surface area contributed by atoms with E-state index in [0.29, 0.717) is 18.1 Å². The molecule has 1 saturated carbocycles. The molecule has 2 aliphatic carbocycles. The Morgan fingerprint density at radius 1 is 1.03 bits per heavy atom. The first-order valence-electron chi connectivity index (χ1n) is 10.4. The average molecular weight is 577 g/mol. The third-order valence-electron chi connectivity index (χ3n) is 5.77. The van der Waals surface area contributed by atoms with Crippen molar-refractivity contribution in [3.8, 4) is 11.3 Å². The van der Waals surface area contributed by atoms with E-state index in [0.717, 1.165) is 54.5 Å². The van der Waals surface area contributed by atoms with Crippen LogP contribution in [-0.2, 0) is 24.9 Å². The smallest absolute Gasteiger partial charge is 0.162 e. The van der Waals surface area contributed by atoms with E-state index in [1.165, 1.54) is 10.9 Å². The van der Waals surface area contributed by atoms with Gasteiger partial charge in [0.15, 0.2) is 5.78 Å². The van der Waals surface area contributed by atoms with Crippen molar-refractivity contribution in [2.45, 2.75) is 45.4 Å². The number of carbonyl (C=O) groups is 1. The number of aromatic nitrogens is 1. The van der Waals surface area contributed by atoms with Gasteiger partial charge in [-0.2, -0.15) is 0 Å². The Morgan fingerprint density at radius 2 is 1.80 bits per heavy atom. The van der Waals surface area contributed by atoms with Gasteiger partial charge in [-0.15, -0.1) is 35.4 Å². The molecular formula is C26H26IrNO2-. The molecule has 1 aromatic heterocycles. The molecule has 2 aromatic carbocycles. The molecule has 3 nitrogen and oxygen atoms in total. The number of aliphatic hydroxyl groups is 1. The second-order valence-electron chi connectivity index (χ2n) is 7.93. The van der Waals surface area contributed by atoms with E-state index in [1.807, 2.05) is 36.4 Å². The van der Waals surface area contributed by atoms with Gasteiger partial charge in [0.05, 0.1) is 11.3 Å². The first-order valence-corrected chi connectivity index (χ1v) is 10.4. The summed E-state index contributed by atoms with van der Waals surface area (Å²) in [6.07, 6.45) is 5.64. The third kappa shape index (κ3) is 5.06. The summed E-state index contributed by atoms with van der Waals surface area (Å²) >= 11 is 0. The summed E-state index contributed by atoms with van der Waals surface area (Å²) in [6.45, 7) is 2.08. The van der Waals surface area contributed by atoms with E-state index >= 15 is 0 Å². The monoisotopic (exact) mass is 577 g/mol. The van der Waals surface area contributed by atoms with Crippen molar-refractivity contribution in [2.75, 3.05) is 0 Å². The number of aliphatic hydroxyl groups excluding tert-OH is 1. The fourth-order valence-corrected chi connectivity index (χ4v) is 4.30. The van der Waals surface area contributed by atoms with E-state index in [-0.39, 0.29) is 25.9 Å². The number of hydrogen-bond donors (Lipinski definition) is 1. The Morgan fingerprint density at radius 3 is 2.57 bits per heavy atom. The van der Waals surface area contributed by atoms with Crippen molar-refractivity contribution in [2.24, 2.45) is 5.92 Å². The quantitative estimate of drug-likeness (QED) is 0.343. The fraction of sp³-hybridized carbons (Fsp3) is 0.308. The zero-order valence-corrected chi connectivity index (χ0v) is 19.5. The van der Waals surface area contributed by atoms with Gasteiger partial charge in [0.25, 0.3) is 0 Å². The Balaban J connectivity index is 0.000000175. The summed E-state index contributed by atoms with van der Waals surface area (Å²) in [5.74, 6) is 0.972. The molecule has 0 aliphatic heterocycles. The molecule has 1 heterocycles. The summed E-state index contributed by atoms with van der Waals surface area (Å²) < 4.78 is 0. The third-order valence-corrected chi connectivity index (χ3v) is 5.77. The maximum absolute atomic E-state index is 11.4. The minimum atomic E-state index is 0. The number of pyridine rings is 1. The number of hydrogen-bond acceptors (Lipinski definition) is 3. The van der Waals surface area contributed by atoms with Crippen molar-refractivity contribution in [1.29, 1.82) is 0 Å². The Bertz CT molecular complexity index is 1070. The Kier molecular flexibility index (Phi) is 7.58. The molecule has 0 spiro atoms. The molecule has 0 saturated heterocycles. The van der Waals surface area contributed by atoms with Gasteiger partial charge >= 0.3 is 0 Å². The van der Waals surface area contributed by atoms with Gasteiger partial charge in [-0.1, -0.05) is 37.3 Å². The van der Waals surface area contributed by atoms with Crippen molar-refractivity contribution in [3.05, 3.63) is 77.6 Å². The fourth-order valence-electron chi connectivity index (χ4n) is 4.30. The Hall–Kier alpha value is -2.29. The van der Waals surface area contributed by atoms with Crippen LogP contribution in [0.3, 0.4) is 0 Å². The number of Topliss-reactive ketones (excluding diaryl/α,β-unsaturated/α-hetero) is 1. The normalized spacial score (nSPS) is 18.2. The zero-order valence-electron chi connectivity index (χ0n) is 17.2. The molecule has 0 amide bonds. The van der Waals surface area contributed by atoms with Crippen LogP contribution in [0.2, 0.25) is 0 Å². The number of para-hydroxylation sites is 1. The molecule has 3 aromatic rings. The molecule has 1 radical (unpaired) electrons.